The molecule has 0 spiro atoms. The van der Waals surface area contributed by atoms with Crippen molar-refractivity contribution < 1.29 is 4.79 Å². The standard InChI is InChI=1S/C13H23NO/c1-10(2)13(15)9-14(7-11-3-4-11)8-12-5-6-12/h10-12H,3-9H2,1-2H3. The molecule has 0 radical (unpaired) electrons. The minimum Gasteiger partial charge on any atom is -0.298 e. The van der Waals surface area contributed by atoms with E-state index in [1.54, 1.807) is 0 Å². The van der Waals surface area contributed by atoms with E-state index in [1.807, 2.05) is 13.8 Å². The number of carbonyl (C=O) groups excluding carboxylic acids is 1. The van der Waals surface area contributed by atoms with Crippen LogP contribution >= 0.6 is 0 Å². The molecule has 2 aliphatic rings. The normalized spacial score (nSPS) is 21.3. The Morgan fingerprint density at radius 2 is 1.60 bits per heavy atom. The van der Waals surface area contributed by atoms with Crippen LogP contribution in [0.4, 0.5) is 0 Å². The first kappa shape index (κ1) is 11.1. The second kappa shape index (κ2) is 4.65. The third-order valence-corrected chi connectivity index (χ3v) is 3.45. The van der Waals surface area contributed by atoms with Gasteiger partial charge >= 0.3 is 0 Å². The zero-order valence-corrected chi connectivity index (χ0v) is 10.0. The molecule has 0 N–H and O–H groups in total. The molecule has 0 atom stereocenters. The predicted molar refractivity (Wildman–Crippen MR) is 61.7 cm³/mol. The van der Waals surface area contributed by atoms with E-state index in [-0.39, 0.29) is 5.92 Å². The molecule has 0 bridgehead atoms. The summed E-state index contributed by atoms with van der Waals surface area (Å²) < 4.78 is 0. The summed E-state index contributed by atoms with van der Waals surface area (Å²) in [7, 11) is 0. The van der Waals surface area contributed by atoms with Crippen LogP contribution in [0.1, 0.15) is 39.5 Å². The van der Waals surface area contributed by atoms with Gasteiger partial charge in [0.05, 0.1) is 6.54 Å². The van der Waals surface area contributed by atoms with Crippen LogP contribution < -0.4 is 0 Å². The molecule has 0 aromatic heterocycles. The molecule has 2 saturated carbocycles. The summed E-state index contributed by atoms with van der Waals surface area (Å²) in [5, 5.41) is 0. The topological polar surface area (TPSA) is 20.3 Å². The van der Waals surface area contributed by atoms with E-state index in [2.05, 4.69) is 4.90 Å². The van der Waals surface area contributed by atoms with E-state index in [9.17, 15) is 4.79 Å². The first-order chi connectivity index (χ1) is 7.15. The molecule has 0 aliphatic heterocycles. The highest BCUT2D eigenvalue weighted by Gasteiger charge is 2.30. The fourth-order valence-electron chi connectivity index (χ4n) is 1.94. The molecule has 0 heterocycles. The van der Waals surface area contributed by atoms with Crippen LogP contribution in [0.5, 0.6) is 0 Å². The van der Waals surface area contributed by atoms with Crippen LogP contribution in [-0.4, -0.2) is 30.3 Å². The number of ketones is 1. The molecule has 0 aromatic rings. The average molecular weight is 209 g/mol. The molecule has 2 fully saturated rings. The van der Waals surface area contributed by atoms with Gasteiger partial charge in [0.15, 0.2) is 0 Å². The van der Waals surface area contributed by atoms with Gasteiger partial charge in [-0.05, 0) is 37.5 Å². The molecule has 0 saturated heterocycles. The largest absolute Gasteiger partial charge is 0.298 e. The fraction of sp³-hybridized carbons (Fsp3) is 0.923. The summed E-state index contributed by atoms with van der Waals surface area (Å²) in [5.74, 6) is 2.43. The number of hydrogen-bond acceptors (Lipinski definition) is 2. The van der Waals surface area contributed by atoms with Crippen molar-refractivity contribution in [3.63, 3.8) is 0 Å². The van der Waals surface area contributed by atoms with Gasteiger partial charge in [0, 0.05) is 19.0 Å². The van der Waals surface area contributed by atoms with Crippen molar-refractivity contribution in [2.45, 2.75) is 39.5 Å². The maximum atomic E-state index is 11.7. The van der Waals surface area contributed by atoms with Crippen LogP contribution in [0, 0.1) is 17.8 Å². The van der Waals surface area contributed by atoms with Crippen LogP contribution in [0.3, 0.4) is 0 Å². The number of Topliss-reactive ketones (excluding diaryl/α,β-unsaturated/α-hetero) is 1. The van der Waals surface area contributed by atoms with Crippen molar-refractivity contribution >= 4 is 5.78 Å². The number of carbonyl (C=O) groups is 1. The highest BCUT2D eigenvalue weighted by molar-refractivity contribution is 5.82. The highest BCUT2D eigenvalue weighted by atomic mass is 16.1. The van der Waals surface area contributed by atoms with Crippen molar-refractivity contribution in [1.29, 1.82) is 0 Å². The van der Waals surface area contributed by atoms with Gasteiger partial charge in [-0.2, -0.15) is 0 Å². The summed E-state index contributed by atoms with van der Waals surface area (Å²) in [4.78, 5) is 14.1. The fourth-order valence-corrected chi connectivity index (χ4v) is 1.94. The first-order valence-corrected chi connectivity index (χ1v) is 6.40. The summed E-state index contributed by atoms with van der Waals surface area (Å²) in [6.45, 7) is 7.07. The van der Waals surface area contributed by atoms with Gasteiger partial charge in [-0.25, -0.2) is 0 Å². The summed E-state index contributed by atoms with van der Waals surface area (Å²) in [5.41, 5.74) is 0. The molecule has 0 unspecified atom stereocenters. The number of nitrogens with zero attached hydrogens (tertiary/aromatic N) is 1. The lowest BCUT2D eigenvalue weighted by Gasteiger charge is -2.22. The van der Waals surface area contributed by atoms with E-state index in [1.165, 1.54) is 38.8 Å². The summed E-state index contributed by atoms with van der Waals surface area (Å²) in [6.07, 6.45) is 5.54. The molecule has 2 rings (SSSR count). The molecular weight excluding hydrogens is 186 g/mol. The van der Waals surface area contributed by atoms with E-state index in [4.69, 9.17) is 0 Å². The monoisotopic (exact) mass is 209 g/mol. The van der Waals surface area contributed by atoms with E-state index in [0.717, 1.165) is 11.8 Å². The van der Waals surface area contributed by atoms with Crippen LogP contribution in [-0.2, 0) is 4.79 Å². The first-order valence-electron chi connectivity index (χ1n) is 6.40. The Labute approximate surface area is 93.0 Å². The Bertz CT molecular complexity index is 215. The van der Waals surface area contributed by atoms with Gasteiger partial charge in [-0.3, -0.25) is 9.69 Å². The molecule has 0 aromatic carbocycles. The van der Waals surface area contributed by atoms with Gasteiger partial charge in [0.2, 0.25) is 0 Å². The smallest absolute Gasteiger partial charge is 0.149 e. The predicted octanol–water partition coefficient (Wildman–Crippen LogP) is 2.33. The summed E-state index contributed by atoms with van der Waals surface area (Å²) >= 11 is 0. The van der Waals surface area contributed by atoms with Gasteiger partial charge in [0.25, 0.3) is 0 Å². The number of rotatable bonds is 7. The van der Waals surface area contributed by atoms with Crippen molar-refractivity contribution in [3.8, 4) is 0 Å². The lowest BCUT2D eigenvalue weighted by molar-refractivity contribution is -0.123. The molecule has 0 amide bonds. The van der Waals surface area contributed by atoms with E-state index >= 15 is 0 Å². The molecule has 15 heavy (non-hydrogen) atoms. The Kier molecular flexibility index (Phi) is 3.45. The summed E-state index contributed by atoms with van der Waals surface area (Å²) in [6, 6.07) is 0. The Hall–Kier alpha value is -0.370. The van der Waals surface area contributed by atoms with Crippen molar-refractivity contribution in [2.24, 2.45) is 17.8 Å². The minimum atomic E-state index is 0.200. The average Bonchev–Trinajstić information content (AvgIpc) is 2.98. The lowest BCUT2D eigenvalue weighted by atomic mass is 10.1. The molecular formula is C13H23NO. The van der Waals surface area contributed by atoms with Crippen molar-refractivity contribution in [1.82, 2.24) is 4.90 Å². The molecule has 2 aliphatic carbocycles. The SMILES string of the molecule is CC(C)C(=O)CN(CC1CC1)CC1CC1. The maximum Gasteiger partial charge on any atom is 0.149 e. The van der Waals surface area contributed by atoms with Gasteiger partial charge in [-0.1, -0.05) is 13.8 Å². The zero-order chi connectivity index (χ0) is 10.8. The molecule has 2 nitrogen and oxygen atoms in total. The van der Waals surface area contributed by atoms with Crippen LogP contribution in [0.2, 0.25) is 0 Å². The van der Waals surface area contributed by atoms with Crippen molar-refractivity contribution in [2.75, 3.05) is 19.6 Å². The second-order valence-electron chi connectivity index (χ2n) is 5.70. The Morgan fingerprint density at radius 3 is 1.93 bits per heavy atom. The quantitative estimate of drug-likeness (QED) is 0.641. The van der Waals surface area contributed by atoms with Gasteiger partial charge in [0.1, 0.15) is 5.78 Å². The third kappa shape index (κ3) is 3.94. The lowest BCUT2D eigenvalue weighted by Crippen LogP contribution is -2.35. The third-order valence-electron chi connectivity index (χ3n) is 3.45. The van der Waals surface area contributed by atoms with E-state index < -0.39 is 0 Å². The van der Waals surface area contributed by atoms with Crippen LogP contribution in [0.25, 0.3) is 0 Å². The van der Waals surface area contributed by atoms with E-state index in [0.29, 0.717) is 12.3 Å². The molecule has 86 valence electrons. The van der Waals surface area contributed by atoms with Crippen LogP contribution in [0.15, 0.2) is 0 Å². The zero-order valence-electron chi connectivity index (χ0n) is 10.0. The second-order valence-corrected chi connectivity index (χ2v) is 5.70. The van der Waals surface area contributed by atoms with Gasteiger partial charge < -0.3 is 0 Å². The maximum absolute atomic E-state index is 11.7. The Balaban J connectivity index is 1.76. The highest BCUT2D eigenvalue weighted by Crippen LogP contribution is 2.33. The number of hydrogen-bond donors (Lipinski definition) is 0. The molecule has 2 heteroatoms. The Morgan fingerprint density at radius 1 is 1.13 bits per heavy atom. The van der Waals surface area contributed by atoms with Gasteiger partial charge in [-0.15, -0.1) is 0 Å². The minimum absolute atomic E-state index is 0.200. The van der Waals surface area contributed by atoms with Crippen molar-refractivity contribution in [3.05, 3.63) is 0 Å².